The van der Waals surface area contributed by atoms with Gasteiger partial charge >= 0.3 is 5.97 Å². The fraction of sp³-hybridized carbons (Fsp3) is 0.368. The van der Waals surface area contributed by atoms with Gasteiger partial charge in [0.05, 0.1) is 11.8 Å². The second-order valence-corrected chi connectivity index (χ2v) is 6.15. The summed E-state index contributed by atoms with van der Waals surface area (Å²) in [5, 5.41) is 11.7. The second-order valence-electron chi connectivity index (χ2n) is 6.15. The minimum Gasteiger partial charge on any atom is -0.489 e. The summed E-state index contributed by atoms with van der Waals surface area (Å²) in [5.74, 6) is -2.10. The van der Waals surface area contributed by atoms with Crippen molar-refractivity contribution >= 4 is 17.6 Å². The number of halogens is 1. The molecule has 0 saturated carbocycles. The van der Waals surface area contributed by atoms with Crippen LogP contribution >= 0.6 is 0 Å². The van der Waals surface area contributed by atoms with Crippen LogP contribution in [0, 0.1) is 5.82 Å². The van der Waals surface area contributed by atoms with Gasteiger partial charge in [-0.1, -0.05) is 6.92 Å². The number of rotatable bonds is 7. The highest BCUT2D eigenvalue weighted by molar-refractivity contribution is 6.04. The molecule has 27 heavy (non-hydrogen) atoms. The first kappa shape index (κ1) is 18.9. The number of anilines is 1. The lowest BCUT2D eigenvalue weighted by Gasteiger charge is -2.15. The zero-order valence-corrected chi connectivity index (χ0v) is 14.8. The van der Waals surface area contributed by atoms with Crippen molar-refractivity contribution in [2.24, 2.45) is 0 Å². The van der Waals surface area contributed by atoms with Crippen LogP contribution in [-0.2, 0) is 11.2 Å². The third-order valence-electron chi connectivity index (χ3n) is 4.22. The molecule has 0 aliphatic carbocycles. The maximum Gasteiger partial charge on any atom is 0.339 e. The first-order valence-electron chi connectivity index (χ1n) is 8.69. The van der Waals surface area contributed by atoms with Crippen molar-refractivity contribution in [1.82, 2.24) is 0 Å². The van der Waals surface area contributed by atoms with Crippen molar-refractivity contribution in [2.75, 3.05) is 18.5 Å². The molecular weight excluding hydrogens is 357 g/mol. The molecule has 8 heteroatoms. The third kappa shape index (κ3) is 4.46. The standard InChI is InChI=1S/C19H20FNO6/c1-2-15-13(19(23)24)9-17(27-15)18(22)21-14-8-11(20)5-6-16(14)26-10-12-4-3-7-25-12/h5-6,8-9,12H,2-4,7,10H2,1H3,(H,21,22)(H,23,24). The zero-order chi connectivity index (χ0) is 19.4. The van der Waals surface area contributed by atoms with Gasteiger partial charge in [0.25, 0.3) is 5.91 Å². The van der Waals surface area contributed by atoms with E-state index in [-0.39, 0.29) is 28.9 Å². The lowest BCUT2D eigenvalue weighted by Crippen LogP contribution is -2.18. The number of benzene rings is 1. The SMILES string of the molecule is CCc1oc(C(=O)Nc2cc(F)ccc2OCC2CCCO2)cc1C(=O)O. The molecule has 1 aromatic carbocycles. The number of carboxylic acid groups (broad SMARTS) is 1. The topological polar surface area (TPSA) is 98.0 Å². The van der Waals surface area contributed by atoms with E-state index >= 15 is 0 Å². The summed E-state index contributed by atoms with van der Waals surface area (Å²) in [5.41, 5.74) is 0.0565. The maximum absolute atomic E-state index is 13.6. The lowest BCUT2D eigenvalue weighted by molar-refractivity contribution is 0.0681. The van der Waals surface area contributed by atoms with Crippen LogP contribution in [0.2, 0.25) is 0 Å². The number of carboxylic acids is 1. The Bertz CT molecular complexity index is 841. The molecule has 0 spiro atoms. The molecule has 1 unspecified atom stereocenters. The normalized spacial score (nSPS) is 16.3. The molecule has 0 bridgehead atoms. The fourth-order valence-corrected chi connectivity index (χ4v) is 2.85. The Morgan fingerprint density at radius 2 is 2.19 bits per heavy atom. The average Bonchev–Trinajstić information content (AvgIpc) is 3.30. The number of amides is 1. The molecule has 1 amide bonds. The van der Waals surface area contributed by atoms with Gasteiger partial charge in [-0.25, -0.2) is 9.18 Å². The van der Waals surface area contributed by atoms with Gasteiger partial charge < -0.3 is 24.3 Å². The van der Waals surface area contributed by atoms with E-state index in [1.165, 1.54) is 12.1 Å². The molecule has 2 aromatic rings. The number of hydrogen-bond donors (Lipinski definition) is 2. The number of carbonyl (C=O) groups is 2. The van der Waals surface area contributed by atoms with E-state index < -0.39 is 17.7 Å². The third-order valence-corrected chi connectivity index (χ3v) is 4.22. The smallest absolute Gasteiger partial charge is 0.339 e. The van der Waals surface area contributed by atoms with Gasteiger partial charge in [0.15, 0.2) is 5.76 Å². The number of ether oxygens (including phenoxy) is 2. The molecule has 1 aromatic heterocycles. The van der Waals surface area contributed by atoms with Crippen LogP contribution in [0.15, 0.2) is 28.7 Å². The first-order chi connectivity index (χ1) is 13.0. The van der Waals surface area contributed by atoms with Crippen LogP contribution in [0.3, 0.4) is 0 Å². The molecule has 2 N–H and O–H groups in total. The summed E-state index contributed by atoms with van der Waals surface area (Å²) >= 11 is 0. The monoisotopic (exact) mass is 377 g/mol. The summed E-state index contributed by atoms with van der Waals surface area (Å²) < 4.78 is 30.1. The van der Waals surface area contributed by atoms with Crippen molar-refractivity contribution < 1.29 is 33.0 Å². The van der Waals surface area contributed by atoms with Crippen LogP contribution in [0.1, 0.15) is 46.4 Å². The number of carbonyl (C=O) groups excluding carboxylic acids is 1. The van der Waals surface area contributed by atoms with E-state index in [0.29, 0.717) is 25.4 Å². The number of aryl methyl sites for hydroxylation is 1. The van der Waals surface area contributed by atoms with E-state index in [9.17, 15) is 14.0 Å². The van der Waals surface area contributed by atoms with Crippen LogP contribution in [0.4, 0.5) is 10.1 Å². The van der Waals surface area contributed by atoms with Crippen LogP contribution < -0.4 is 10.1 Å². The minimum absolute atomic E-state index is 0.0334. The highest BCUT2D eigenvalue weighted by Crippen LogP contribution is 2.28. The molecule has 1 fully saturated rings. The van der Waals surface area contributed by atoms with Crippen LogP contribution in [0.5, 0.6) is 5.75 Å². The number of nitrogens with one attached hydrogen (secondary N) is 1. The lowest BCUT2D eigenvalue weighted by atomic mass is 10.2. The highest BCUT2D eigenvalue weighted by atomic mass is 19.1. The number of furan rings is 1. The van der Waals surface area contributed by atoms with Crippen LogP contribution in [-0.4, -0.2) is 36.3 Å². The summed E-state index contributed by atoms with van der Waals surface area (Å²) in [6, 6.07) is 4.93. The molecular formula is C19H20FNO6. The van der Waals surface area contributed by atoms with Crippen molar-refractivity contribution in [1.29, 1.82) is 0 Å². The zero-order valence-electron chi connectivity index (χ0n) is 14.8. The Morgan fingerprint density at radius 1 is 1.37 bits per heavy atom. The van der Waals surface area contributed by atoms with Crippen LogP contribution in [0.25, 0.3) is 0 Å². The fourth-order valence-electron chi connectivity index (χ4n) is 2.85. The molecule has 1 aliphatic rings. The Balaban J connectivity index is 1.76. The average molecular weight is 377 g/mol. The first-order valence-corrected chi connectivity index (χ1v) is 8.69. The Labute approximate surface area is 155 Å². The molecule has 7 nitrogen and oxygen atoms in total. The predicted molar refractivity (Wildman–Crippen MR) is 93.9 cm³/mol. The molecule has 3 rings (SSSR count). The Hall–Kier alpha value is -2.87. The van der Waals surface area contributed by atoms with Gasteiger partial charge in [-0.05, 0) is 25.0 Å². The molecule has 2 heterocycles. The quantitative estimate of drug-likeness (QED) is 0.766. The van der Waals surface area contributed by atoms with E-state index in [2.05, 4.69) is 5.32 Å². The molecule has 144 valence electrons. The molecule has 1 aliphatic heterocycles. The van der Waals surface area contributed by atoms with E-state index in [1.807, 2.05) is 0 Å². The Kier molecular flexibility index (Phi) is 5.75. The van der Waals surface area contributed by atoms with Crippen molar-refractivity contribution in [3.05, 3.63) is 47.2 Å². The van der Waals surface area contributed by atoms with Gasteiger partial charge in [0.2, 0.25) is 0 Å². The Morgan fingerprint density at radius 3 is 2.81 bits per heavy atom. The minimum atomic E-state index is -1.18. The maximum atomic E-state index is 13.6. The summed E-state index contributed by atoms with van der Waals surface area (Å²) in [6.45, 7) is 2.69. The molecule has 1 atom stereocenters. The van der Waals surface area contributed by atoms with E-state index in [1.54, 1.807) is 6.92 Å². The highest BCUT2D eigenvalue weighted by Gasteiger charge is 2.22. The van der Waals surface area contributed by atoms with Gasteiger partial charge in [-0.15, -0.1) is 0 Å². The largest absolute Gasteiger partial charge is 0.489 e. The van der Waals surface area contributed by atoms with Crippen molar-refractivity contribution in [3.8, 4) is 5.75 Å². The second kappa shape index (κ2) is 8.22. The van der Waals surface area contributed by atoms with Gasteiger partial charge in [-0.2, -0.15) is 0 Å². The van der Waals surface area contributed by atoms with Gasteiger partial charge in [-0.3, -0.25) is 4.79 Å². The van der Waals surface area contributed by atoms with Gasteiger partial charge in [0.1, 0.15) is 29.5 Å². The van der Waals surface area contributed by atoms with Crippen molar-refractivity contribution in [2.45, 2.75) is 32.3 Å². The van der Waals surface area contributed by atoms with E-state index in [4.69, 9.17) is 19.0 Å². The predicted octanol–water partition coefficient (Wildman–Crippen LogP) is 3.49. The van der Waals surface area contributed by atoms with Crippen molar-refractivity contribution in [3.63, 3.8) is 0 Å². The molecule has 0 radical (unpaired) electrons. The molecule has 1 saturated heterocycles. The van der Waals surface area contributed by atoms with Gasteiger partial charge in [0, 0.05) is 25.2 Å². The number of hydrogen-bond acceptors (Lipinski definition) is 5. The van der Waals surface area contributed by atoms with E-state index in [0.717, 1.165) is 25.0 Å². The summed E-state index contributed by atoms with van der Waals surface area (Å²) in [7, 11) is 0. The summed E-state index contributed by atoms with van der Waals surface area (Å²) in [6.07, 6.45) is 2.14. The summed E-state index contributed by atoms with van der Waals surface area (Å²) in [4.78, 5) is 23.7. The number of aromatic carboxylic acids is 1.